The van der Waals surface area contributed by atoms with E-state index < -0.39 is 0 Å². The second-order valence-electron chi connectivity index (χ2n) is 5.78. The van der Waals surface area contributed by atoms with Gasteiger partial charge in [-0.05, 0) is 40.7 Å². The lowest BCUT2D eigenvalue weighted by Crippen LogP contribution is -2.54. The maximum atomic E-state index is 12.5. The third kappa shape index (κ3) is 1.37. The molecule has 0 aromatic rings. The molecule has 1 heterocycles. The molecule has 1 radical (unpaired) electrons. The fourth-order valence-electron chi connectivity index (χ4n) is 3.36. The largest absolute Gasteiger partial charge is 0.282 e. The average molecular weight is 211 g/mol. The maximum Gasteiger partial charge on any atom is 0.102 e. The smallest absolute Gasteiger partial charge is 0.102 e. The Hall–Kier alpha value is -0.120. The Balaban J connectivity index is 2.32. The van der Waals surface area contributed by atoms with Gasteiger partial charge in [-0.3, -0.25) is 4.90 Å². The van der Waals surface area contributed by atoms with Crippen molar-refractivity contribution in [2.45, 2.75) is 70.1 Å². The molecule has 1 unspecified atom stereocenters. The Morgan fingerprint density at radius 1 is 1.13 bits per heavy atom. The van der Waals surface area contributed by atoms with Gasteiger partial charge in [-0.15, -0.1) is 10.3 Å². The van der Waals surface area contributed by atoms with Crippen molar-refractivity contribution in [2.75, 3.05) is 7.05 Å². The number of hydroxylamine groups is 2. The lowest BCUT2D eigenvalue weighted by atomic mass is 9.88. The molecule has 2 aliphatic rings. The van der Waals surface area contributed by atoms with Gasteiger partial charge >= 0.3 is 0 Å². The van der Waals surface area contributed by atoms with Crippen LogP contribution in [0.15, 0.2) is 0 Å². The van der Waals surface area contributed by atoms with Gasteiger partial charge in [0.15, 0.2) is 0 Å². The highest BCUT2D eigenvalue weighted by Crippen LogP contribution is 2.47. The Morgan fingerprint density at radius 3 is 2.07 bits per heavy atom. The van der Waals surface area contributed by atoms with Crippen molar-refractivity contribution in [2.24, 2.45) is 0 Å². The normalized spacial score (nSPS) is 36.2. The van der Waals surface area contributed by atoms with E-state index in [1.165, 1.54) is 24.3 Å². The van der Waals surface area contributed by atoms with Crippen molar-refractivity contribution in [1.29, 1.82) is 0 Å². The number of likely N-dealkylation sites (N-methyl/N-ethyl adjacent to an activating group) is 1. The van der Waals surface area contributed by atoms with Gasteiger partial charge in [-0.2, -0.15) is 0 Å². The Kier molecular flexibility index (Phi) is 2.61. The first-order valence-electron chi connectivity index (χ1n) is 6.13. The molecule has 1 aliphatic carbocycles. The molecule has 1 atom stereocenters. The predicted octanol–water partition coefficient (Wildman–Crippen LogP) is 2.41. The molecule has 0 aromatic carbocycles. The van der Waals surface area contributed by atoms with Crippen LogP contribution >= 0.6 is 0 Å². The summed E-state index contributed by atoms with van der Waals surface area (Å²) < 4.78 is 0. The molecule has 0 aromatic heterocycles. The van der Waals surface area contributed by atoms with Crippen molar-refractivity contribution in [3.05, 3.63) is 0 Å². The molecule has 1 saturated heterocycles. The quantitative estimate of drug-likeness (QED) is 0.615. The van der Waals surface area contributed by atoms with Gasteiger partial charge in [0.25, 0.3) is 0 Å². The molecule has 15 heavy (non-hydrogen) atoms. The van der Waals surface area contributed by atoms with Crippen LogP contribution in [0.1, 0.15) is 52.9 Å². The highest BCUT2D eigenvalue weighted by molar-refractivity contribution is 5.07. The summed E-state index contributed by atoms with van der Waals surface area (Å²) in [5.74, 6) is 0. The van der Waals surface area contributed by atoms with Crippen LogP contribution in [-0.4, -0.2) is 34.3 Å². The first-order chi connectivity index (χ1) is 6.93. The minimum Gasteiger partial charge on any atom is -0.282 e. The summed E-state index contributed by atoms with van der Waals surface area (Å²) in [5, 5.41) is 13.9. The second kappa shape index (κ2) is 3.44. The van der Waals surface area contributed by atoms with Gasteiger partial charge in [-0.25, -0.2) is 0 Å². The van der Waals surface area contributed by atoms with E-state index in [4.69, 9.17) is 0 Å². The van der Waals surface area contributed by atoms with Gasteiger partial charge < -0.3 is 0 Å². The molecular weight excluding hydrogens is 188 g/mol. The van der Waals surface area contributed by atoms with Crippen LogP contribution in [0.2, 0.25) is 0 Å². The summed E-state index contributed by atoms with van der Waals surface area (Å²) in [5.41, 5.74) is -0.437. The predicted molar refractivity (Wildman–Crippen MR) is 59.6 cm³/mol. The molecule has 1 saturated carbocycles. The third-order valence-corrected chi connectivity index (χ3v) is 4.82. The maximum absolute atomic E-state index is 12.5. The van der Waals surface area contributed by atoms with Crippen LogP contribution in [-0.2, 0) is 5.21 Å². The molecule has 87 valence electrons. The van der Waals surface area contributed by atoms with Crippen LogP contribution in [0.25, 0.3) is 0 Å². The van der Waals surface area contributed by atoms with Crippen LogP contribution in [0.4, 0.5) is 0 Å². The molecule has 3 heteroatoms. The molecule has 1 aliphatic heterocycles. The van der Waals surface area contributed by atoms with Crippen molar-refractivity contribution >= 4 is 0 Å². The standard InChI is InChI=1S/C12H23N2O/c1-10-11(2,3)14(15)12(13(10)4)8-6-5-7-9-12/h10H,5-9H2,1-4H3. The first-order valence-corrected chi connectivity index (χ1v) is 6.13. The van der Waals surface area contributed by atoms with Gasteiger partial charge in [0, 0.05) is 6.04 Å². The summed E-state index contributed by atoms with van der Waals surface area (Å²) in [4.78, 5) is 2.32. The van der Waals surface area contributed by atoms with Crippen LogP contribution in [0, 0.1) is 0 Å². The number of nitrogens with zero attached hydrogens (tertiary/aromatic N) is 2. The van der Waals surface area contributed by atoms with Gasteiger partial charge in [0.05, 0.1) is 5.54 Å². The highest BCUT2D eigenvalue weighted by atomic mass is 16.5. The third-order valence-electron chi connectivity index (χ3n) is 4.82. The summed E-state index contributed by atoms with van der Waals surface area (Å²) in [6.07, 6.45) is 5.78. The van der Waals surface area contributed by atoms with E-state index >= 15 is 0 Å². The number of hydrogen-bond donors (Lipinski definition) is 0. The SMILES string of the molecule is CC1N(C)C2(CCCCC2)N([O])C1(C)C. The molecule has 0 amide bonds. The van der Waals surface area contributed by atoms with Gasteiger partial charge in [0.1, 0.15) is 5.66 Å². The van der Waals surface area contributed by atoms with Crippen molar-refractivity contribution < 1.29 is 5.21 Å². The van der Waals surface area contributed by atoms with E-state index in [-0.39, 0.29) is 11.2 Å². The minimum absolute atomic E-state index is 0.193. The van der Waals surface area contributed by atoms with E-state index in [9.17, 15) is 5.21 Å². The zero-order chi connectivity index (χ0) is 11.3. The number of hydrogen-bond acceptors (Lipinski definition) is 2. The fourth-order valence-corrected chi connectivity index (χ4v) is 3.36. The van der Waals surface area contributed by atoms with E-state index in [0.29, 0.717) is 6.04 Å². The van der Waals surface area contributed by atoms with Crippen molar-refractivity contribution in [1.82, 2.24) is 9.96 Å². The van der Waals surface area contributed by atoms with Crippen LogP contribution in [0.5, 0.6) is 0 Å². The molecule has 1 spiro atoms. The van der Waals surface area contributed by atoms with Gasteiger partial charge in [0.2, 0.25) is 0 Å². The van der Waals surface area contributed by atoms with E-state index in [1.54, 1.807) is 0 Å². The summed E-state index contributed by atoms with van der Waals surface area (Å²) in [6, 6.07) is 0.341. The van der Waals surface area contributed by atoms with Crippen molar-refractivity contribution in [3.63, 3.8) is 0 Å². The van der Waals surface area contributed by atoms with E-state index in [2.05, 4.69) is 32.7 Å². The first kappa shape index (κ1) is 11.4. The zero-order valence-electron chi connectivity index (χ0n) is 10.4. The molecule has 3 nitrogen and oxygen atoms in total. The molecule has 2 rings (SSSR count). The van der Waals surface area contributed by atoms with Crippen molar-refractivity contribution in [3.8, 4) is 0 Å². The molecule has 2 fully saturated rings. The summed E-state index contributed by atoms with van der Waals surface area (Å²) in [6.45, 7) is 6.32. The van der Waals surface area contributed by atoms with Gasteiger partial charge in [-0.1, -0.05) is 19.3 Å². The zero-order valence-corrected chi connectivity index (χ0v) is 10.4. The van der Waals surface area contributed by atoms with Crippen LogP contribution in [0.3, 0.4) is 0 Å². The van der Waals surface area contributed by atoms with E-state index in [0.717, 1.165) is 12.8 Å². The lowest BCUT2D eigenvalue weighted by Gasteiger charge is -2.42. The van der Waals surface area contributed by atoms with E-state index in [1.807, 2.05) is 0 Å². The molecular formula is C12H23N2O. The Morgan fingerprint density at radius 2 is 1.67 bits per heavy atom. The minimum atomic E-state index is -0.244. The molecule has 0 N–H and O–H groups in total. The monoisotopic (exact) mass is 211 g/mol. The Labute approximate surface area is 93.0 Å². The summed E-state index contributed by atoms with van der Waals surface area (Å²) >= 11 is 0. The second-order valence-corrected chi connectivity index (χ2v) is 5.78. The van der Waals surface area contributed by atoms with Crippen LogP contribution < -0.4 is 0 Å². The average Bonchev–Trinajstić information content (AvgIpc) is 2.35. The highest BCUT2D eigenvalue weighted by Gasteiger charge is 2.58. The topological polar surface area (TPSA) is 26.4 Å². The number of rotatable bonds is 0. The lowest BCUT2D eigenvalue weighted by molar-refractivity contribution is -0.275. The molecule has 0 bridgehead atoms. The summed E-state index contributed by atoms with van der Waals surface area (Å²) in [7, 11) is 2.12. The fraction of sp³-hybridized carbons (Fsp3) is 1.00. The Bertz CT molecular complexity index is 246.